The van der Waals surface area contributed by atoms with Gasteiger partial charge in [0, 0.05) is 6.42 Å². The van der Waals surface area contributed by atoms with Crippen molar-refractivity contribution in [1.29, 1.82) is 0 Å². The Hall–Kier alpha value is -2.69. The molecule has 1 amide bonds. The molecule has 0 aliphatic heterocycles. The number of phenols is 1. The molecule has 0 bridgehead atoms. The monoisotopic (exact) mass is 315 g/mol. The fourth-order valence-corrected chi connectivity index (χ4v) is 2.26. The molecule has 23 heavy (non-hydrogen) atoms. The minimum atomic E-state index is -0.152. The van der Waals surface area contributed by atoms with Crippen LogP contribution in [-0.4, -0.2) is 25.2 Å². The molecule has 122 valence electrons. The Kier molecular flexibility index (Phi) is 5.46. The molecule has 0 heterocycles. The summed E-state index contributed by atoms with van der Waals surface area (Å²) in [5.41, 5.74) is 2.38. The molecule has 0 aliphatic carbocycles. The van der Waals surface area contributed by atoms with E-state index in [2.05, 4.69) is 5.32 Å². The average Bonchev–Trinajstić information content (AvgIpc) is 2.56. The number of aryl methyl sites for hydroxylation is 2. The van der Waals surface area contributed by atoms with Gasteiger partial charge in [0.15, 0.2) is 11.5 Å². The van der Waals surface area contributed by atoms with Gasteiger partial charge in [-0.3, -0.25) is 4.79 Å². The van der Waals surface area contributed by atoms with Crippen molar-refractivity contribution < 1.29 is 19.4 Å². The largest absolute Gasteiger partial charge is 0.506 e. The second-order valence-electron chi connectivity index (χ2n) is 5.26. The molecular formula is C18H21NO4. The number of hydrogen-bond acceptors (Lipinski definition) is 4. The third-order valence-electron chi connectivity index (χ3n) is 3.51. The number of nitrogens with one attached hydrogen (secondary N) is 1. The van der Waals surface area contributed by atoms with E-state index in [1.807, 2.05) is 25.1 Å². The summed E-state index contributed by atoms with van der Waals surface area (Å²) in [6.07, 6.45) is 0.877. The van der Waals surface area contributed by atoms with Crippen molar-refractivity contribution in [3.8, 4) is 17.2 Å². The van der Waals surface area contributed by atoms with Crippen LogP contribution in [0.4, 0.5) is 5.69 Å². The molecule has 2 N–H and O–H groups in total. The zero-order valence-electron chi connectivity index (χ0n) is 13.6. The fraction of sp³-hybridized carbons (Fsp3) is 0.278. The van der Waals surface area contributed by atoms with Gasteiger partial charge in [0.2, 0.25) is 5.91 Å². The molecule has 2 aromatic rings. The van der Waals surface area contributed by atoms with Gasteiger partial charge >= 0.3 is 0 Å². The molecule has 0 fully saturated rings. The van der Waals surface area contributed by atoms with Gasteiger partial charge in [0.1, 0.15) is 5.75 Å². The van der Waals surface area contributed by atoms with Crippen LogP contribution in [0.15, 0.2) is 36.4 Å². The zero-order chi connectivity index (χ0) is 16.8. The van der Waals surface area contributed by atoms with E-state index in [-0.39, 0.29) is 11.7 Å². The normalized spacial score (nSPS) is 10.2. The van der Waals surface area contributed by atoms with E-state index in [0.717, 1.165) is 11.1 Å². The first-order chi connectivity index (χ1) is 11.0. The number of ether oxygens (including phenoxy) is 2. The highest BCUT2D eigenvalue weighted by molar-refractivity contribution is 5.92. The maximum atomic E-state index is 12.0. The predicted octanol–water partition coefficient (Wildman–Crippen LogP) is 3.29. The molecule has 0 aromatic heterocycles. The van der Waals surface area contributed by atoms with Crippen LogP contribution in [0.2, 0.25) is 0 Å². The van der Waals surface area contributed by atoms with E-state index in [4.69, 9.17) is 9.47 Å². The van der Waals surface area contributed by atoms with Crippen LogP contribution in [0.1, 0.15) is 17.5 Å². The summed E-state index contributed by atoms with van der Waals surface area (Å²) in [6.45, 7) is 1.90. The molecule has 2 rings (SSSR count). The van der Waals surface area contributed by atoms with Gasteiger partial charge in [-0.1, -0.05) is 12.1 Å². The van der Waals surface area contributed by atoms with Gasteiger partial charge in [0.05, 0.1) is 19.9 Å². The number of phenolic OH excluding ortho intramolecular Hbond substituents is 1. The summed E-state index contributed by atoms with van der Waals surface area (Å²) in [7, 11) is 3.16. The zero-order valence-corrected chi connectivity index (χ0v) is 13.6. The number of carbonyl (C=O) groups excluding carboxylic acids is 1. The predicted molar refractivity (Wildman–Crippen MR) is 89.3 cm³/mol. The lowest BCUT2D eigenvalue weighted by molar-refractivity contribution is -0.116. The molecular weight excluding hydrogens is 294 g/mol. The molecule has 0 unspecified atom stereocenters. The molecule has 0 radical (unpaired) electrons. The van der Waals surface area contributed by atoms with E-state index >= 15 is 0 Å². The number of amides is 1. The molecule has 0 atom stereocenters. The van der Waals surface area contributed by atoms with Gasteiger partial charge in [0.25, 0.3) is 0 Å². The Bertz CT molecular complexity index is 697. The van der Waals surface area contributed by atoms with E-state index in [1.165, 1.54) is 0 Å². The third kappa shape index (κ3) is 4.39. The van der Waals surface area contributed by atoms with Crippen LogP contribution in [0.5, 0.6) is 17.2 Å². The topological polar surface area (TPSA) is 67.8 Å². The summed E-state index contributed by atoms with van der Waals surface area (Å²) < 4.78 is 10.4. The fourth-order valence-electron chi connectivity index (χ4n) is 2.26. The first-order valence-electron chi connectivity index (χ1n) is 7.34. The first kappa shape index (κ1) is 16.7. The van der Waals surface area contributed by atoms with Crippen molar-refractivity contribution >= 4 is 11.6 Å². The van der Waals surface area contributed by atoms with Crippen molar-refractivity contribution in [2.24, 2.45) is 0 Å². The van der Waals surface area contributed by atoms with E-state index in [0.29, 0.717) is 30.0 Å². The van der Waals surface area contributed by atoms with Gasteiger partial charge in [-0.15, -0.1) is 0 Å². The number of aromatic hydroxyl groups is 1. The average molecular weight is 315 g/mol. The molecule has 0 aliphatic rings. The maximum absolute atomic E-state index is 12.0. The van der Waals surface area contributed by atoms with Gasteiger partial charge in [-0.25, -0.2) is 0 Å². The van der Waals surface area contributed by atoms with E-state index in [1.54, 1.807) is 32.4 Å². The highest BCUT2D eigenvalue weighted by atomic mass is 16.5. The summed E-state index contributed by atoms with van der Waals surface area (Å²) in [6, 6.07) is 10.7. The first-order valence-corrected chi connectivity index (χ1v) is 7.34. The summed E-state index contributed by atoms with van der Waals surface area (Å²) in [5, 5.41) is 12.5. The lowest BCUT2D eigenvalue weighted by atomic mass is 10.1. The highest BCUT2D eigenvalue weighted by Gasteiger charge is 2.09. The number of anilines is 1. The van der Waals surface area contributed by atoms with Gasteiger partial charge in [-0.2, -0.15) is 0 Å². The molecule has 0 spiro atoms. The molecule has 0 saturated heterocycles. The quantitative estimate of drug-likeness (QED) is 0.803. The third-order valence-corrected chi connectivity index (χ3v) is 3.51. The second-order valence-corrected chi connectivity index (χ2v) is 5.26. The van der Waals surface area contributed by atoms with Crippen molar-refractivity contribution in [3.05, 3.63) is 47.5 Å². The Labute approximate surface area is 135 Å². The van der Waals surface area contributed by atoms with Crippen molar-refractivity contribution in [1.82, 2.24) is 0 Å². The maximum Gasteiger partial charge on any atom is 0.224 e. The summed E-state index contributed by atoms with van der Waals surface area (Å²) in [4.78, 5) is 12.0. The van der Waals surface area contributed by atoms with Gasteiger partial charge in [-0.05, 0) is 48.7 Å². The highest BCUT2D eigenvalue weighted by Crippen LogP contribution is 2.28. The Morgan fingerprint density at radius 3 is 2.52 bits per heavy atom. The van der Waals surface area contributed by atoms with Crippen LogP contribution < -0.4 is 14.8 Å². The summed E-state index contributed by atoms with van der Waals surface area (Å²) >= 11 is 0. The number of rotatable bonds is 6. The SMILES string of the molecule is COc1ccc(CCC(=O)Nc2cc(C)ccc2O)cc1OC. The standard InChI is InChI=1S/C18H21NO4/c1-12-4-7-15(20)14(10-12)19-18(21)9-6-13-5-8-16(22-2)17(11-13)23-3/h4-5,7-8,10-11,20H,6,9H2,1-3H3,(H,19,21). The second kappa shape index (κ2) is 7.54. The lowest BCUT2D eigenvalue weighted by Gasteiger charge is -2.10. The lowest BCUT2D eigenvalue weighted by Crippen LogP contribution is -2.12. The molecule has 0 saturated carbocycles. The number of carbonyl (C=O) groups is 1. The van der Waals surface area contributed by atoms with Crippen LogP contribution in [-0.2, 0) is 11.2 Å². The number of hydrogen-bond donors (Lipinski definition) is 2. The number of benzene rings is 2. The van der Waals surface area contributed by atoms with Crippen molar-refractivity contribution in [3.63, 3.8) is 0 Å². The Morgan fingerprint density at radius 2 is 1.83 bits per heavy atom. The minimum absolute atomic E-state index is 0.0649. The van der Waals surface area contributed by atoms with Crippen LogP contribution >= 0.6 is 0 Å². The molecule has 5 heteroatoms. The van der Waals surface area contributed by atoms with Crippen molar-refractivity contribution in [2.75, 3.05) is 19.5 Å². The van der Waals surface area contributed by atoms with Crippen molar-refractivity contribution in [2.45, 2.75) is 19.8 Å². The minimum Gasteiger partial charge on any atom is -0.506 e. The van der Waals surface area contributed by atoms with Gasteiger partial charge < -0.3 is 19.9 Å². The molecule has 5 nitrogen and oxygen atoms in total. The molecule has 2 aromatic carbocycles. The van der Waals surface area contributed by atoms with Crippen LogP contribution in [0.3, 0.4) is 0 Å². The number of methoxy groups -OCH3 is 2. The van der Waals surface area contributed by atoms with Crippen LogP contribution in [0.25, 0.3) is 0 Å². The van der Waals surface area contributed by atoms with E-state index < -0.39 is 0 Å². The van der Waals surface area contributed by atoms with E-state index in [9.17, 15) is 9.90 Å². The smallest absolute Gasteiger partial charge is 0.224 e. The summed E-state index contributed by atoms with van der Waals surface area (Å²) in [5.74, 6) is 1.21. The van der Waals surface area contributed by atoms with Crippen LogP contribution in [0, 0.1) is 6.92 Å². The Balaban J connectivity index is 1.98. The Morgan fingerprint density at radius 1 is 1.09 bits per heavy atom.